The number of para-hydroxylation sites is 2. The highest BCUT2D eigenvalue weighted by molar-refractivity contribution is 5.74. The Labute approximate surface area is 133 Å². The van der Waals surface area contributed by atoms with Gasteiger partial charge in [-0.2, -0.15) is 0 Å². The number of imidazole rings is 1. The van der Waals surface area contributed by atoms with Crippen molar-refractivity contribution in [2.45, 2.75) is 6.54 Å². The molecule has 112 valence electrons. The van der Waals surface area contributed by atoms with E-state index in [1.807, 2.05) is 60.7 Å². The van der Waals surface area contributed by atoms with Crippen molar-refractivity contribution in [3.8, 4) is 11.3 Å². The molecule has 0 atom stereocenters. The lowest BCUT2D eigenvalue weighted by Crippen LogP contribution is -2.03. The average molecular weight is 301 g/mol. The highest BCUT2D eigenvalue weighted by atomic mass is 15.0. The van der Waals surface area contributed by atoms with Gasteiger partial charge in [-0.05, 0) is 12.1 Å². The minimum Gasteiger partial charge on any atom is -0.363 e. The van der Waals surface area contributed by atoms with Crippen LogP contribution in [-0.2, 0) is 6.54 Å². The largest absolute Gasteiger partial charge is 0.363 e. The summed E-state index contributed by atoms with van der Waals surface area (Å²) in [6, 6.07) is 20.0. The monoisotopic (exact) mass is 301 g/mol. The topological polar surface area (TPSA) is 66.5 Å². The van der Waals surface area contributed by atoms with E-state index in [0.717, 1.165) is 33.9 Å². The number of aromatic nitrogens is 4. The fraction of sp³-hybridized carbons (Fsp3) is 0.0556. The Morgan fingerprint density at radius 2 is 1.74 bits per heavy atom. The van der Waals surface area contributed by atoms with E-state index in [1.54, 1.807) is 6.33 Å². The van der Waals surface area contributed by atoms with Gasteiger partial charge in [0.25, 0.3) is 0 Å². The molecule has 4 rings (SSSR count). The maximum atomic E-state index is 4.55. The van der Waals surface area contributed by atoms with E-state index in [9.17, 15) is 0 Å². The molecule has 2 heterocycles. The Balaban J connectivity index is 1.53. The van der Waals surface area contributed by atoms with Crippen LogP contribution in [0.3, 0.4) is 0 Å². The summed E-state index contributed by atoms with van der Waals surface area (Å²) in [6.45, 7) is 0.583. The van der Waals surface area contributed by atoms with E-state index < -0.39 is 0 Å². The van der Waals surface area contributed by atoms with Crippen LogP contribution in [0.4, 0.5) is 5.82 Å². The maximum absolute atomic E-state index is 4.55. The first kappa shape index (κ1) is 13.5. The molecule has 2 aromatic heterocycles. The predicted molar refractivity (Wildman–Crippen MR) is 90.9 cm³/mol. The molecular formula is C18H15N5. The number of nitrogens with one attached hydrogen (secondary N) is 2. The summed E-state index contributed by atoms with van der Waals surface area (Å²) in [5.41, 5.74) is 3.98. The molecule has 5 nitrogen and oxygen atoms in total. The minimum absolute atomic E-state index is 0.583. The van der Waals surface area contributed by atoms with Crippen LogP contribution in [0.5, 0.6) is 0 Å². The van der Waals surface area contributed by atoms with Crippen LogP contribution < -0.4 is 5.32 Å². The van der Waals surface area contributed by atoms with Gasteiger partial charge < -0.3 is 10.3 Å². The molecule has 0 unspecified atom stereocenters. The molecule has 0 saturated heterocycles. The molecular weight excluding hydrogens is 286 g/mol. The van der Waals surface area contributed by atoms with Crippen molar-refractivity contribution in [1.29, 1.82) is 0 Å². The van der Waals surface area contributed by atoms with Gasteiger partial charge in [0.2, 0.25) is 0 Å². The number of anilines is 1. The molecule has 5 heteroatoms. The molecule has 0 saturated carbocycles. The Bertz CT molecular complexity index is 897. The second kappa shape index (κ2) is 5.88. The number of H-pyrrole nitrogens is 1. The molecule has 2 aromatic carbocycles. The van der Waals surface area contributed by atoms with E-state index in [0.29, 0.717) is 6.54 Å². The van der Waals surface area contributed by atoms with E-state index in [-0.39, 0.29) is 0 Å². The van der Waals surface area contributed by atoms with Crippen molar-refractivity contribution in [2.24, 2.45) is 0 Å². The second-order valence-corrected chi connectivity index (χ2v) is 5.21. The fourth-order valence-electron chi connectivity index (χ4n) is 2.48. The van der Waals surface area contributed by atoms with Crippen molar-refractivity contribution >= 4 is 16.9 Å². The van der Waals surface area contributed by atoms with Gasteiger partial charge in [0.05, 0.1) is 23.3 Å². The Morgan fingerprint density at radius 3 is 2.61 bits per heavy atom. The lowest BCUT2D eigenvalue weighted by atomic mass is 10.1. The van der Waals surface area contributed by atoms with E-state index in [1.165, 1.54) is 0 Å². The van der Waals surface area contributed by atoms with E-state index in [2.05, 4.69) is 25.3 Å². The molecule has 0 aliphatic heterocycles. The first-order chi connectivity index (χ1) is 11.4. The first-order valence-corrected chi connectivity index (χ1v) is 7.43. The number of hydrogen-bond acceptors (Lipinski definition) is 4. The molecule has 0 spiro atoms. The zero-order valence-electron chi connectivity index (χ0n) is 12.4. The fourth-order valence-corrected chi connectivity index (χ4v) is 2.48. The van der Waals surface area contributed by atoms with Gasteiger partial charge in [0.15, 0.2) is 0 Å². The predicted octanol–water partition coefficient (Wildman–Crippen LogP) is 3.63. The van der Waals surface area contributed by atoms with Gasteiger partial charge in [-0.3, -0.25) is 0 Å². The molecule has 0 fully saturated rings. The molecule has 2 N–H and O–H groups in total. The van der Waals surface area contributed by atoms with Gasteiger partial charge in [0.1, 0.15) is 18.0 Å². The summed E-state index contributed by atoms with van der Waals surface area (Å²) >= 11 is 0. The standard InChI is InChI=1S/C18H15N5/c1-2-6-13(7-3-1)16-10-17(21-12-20-16)19-11-18-22-14-8-4-5-9-15(14)23-18/h1-10,12H,11H2,(H,22,23)(H,19,20,21). The Kier molecular flexibility index (Phi) is 3.44. The summed E-state index contributed by atoms with van der Waals surface area (Å²) < 4.78 is 0. The van der Waals surface area contributed by atoms with Crippen molar-refractivity contribution in [3.63, 3.8) is 0 Å². The molecule has 23 heavy (non-hydrogen) atoms. The molecule has 0 radical (unpaired) electrons. The van der Waals surface area contributed by atoms with Crippen molar-refractivity contribution in [3.05, 3.63) is 72.8 Å². The first-order valence-electron chi connectivity index (χ1n) is 7.43. The number of rotatable bonds is 4. The quantitative estimate of drug-likeness (QED) is 0.604. The molecule has 0 amide bonds. The average Bonchev–Trinajstić information content (AvgIpc) is 3.04. The van der Waals surface area contributed by atoms with E-state index in [4.69, 9.17) is 0 Å². The smallest absolute Gasteiger partial charge is 0.130 e. The Hall–Kier alpha value is -3.21. The highest BCUT2D eigenvalue weighted by Crippen LogP contribution is 2.18. The number of fused-ring (bicyclic) bond motifs is 1. The number of nitrogens with zero attached hydrogens (tertiary/aromatic N) is 3. The normalized spacial score (nSPS) is 10.8. The third-order valence-electron chi connectivity index (χ3n) is 3.61. The van der Waals surface area contributed by atoms with Gasteiger partial charge in [-0.15, -0.1) is 0 Å². The zero-order valence-corrected chi connectivity index (χ0v) is 12.4. The van der Waals surface area contributed by atoms with Gasteiger partial charge in [0, 0.05) is 11.6 Å². The third-order valence-corrected chi connectivity index (χ3v) is 3.61. The third kappa shape index (κ3) is 2.89. The van der Waals surface area contributed by atoms with Crippen LogP contribution in [0.2, 0.25) is 0 Å². The SMILES string of the molecule is c1ccc(-c2cc(NCc3nc4ccccc4[nH]3)ncn2)cc1. The van der Waals surface area contributed by atoms with Crippen LogP contribution in [0.25, 0.3) is 22.3 Å². The van der Waals surface area contributed by atoms with Crippen LogP contribution in [0.1, 0.15) is 5.82 Å². The van der Waals surface area contributed by atoms with Crippen LogP contribution in [0.15, 0.2) is 67.0 Å². The lowest BCUT2D eigenvalue weighted by molar-refractivity contribution is 0.992. The van der Waals surface area contributed by atoms with Crippen molar-refractivity contribution < 1.29 is 0 Å². The molecule has 0 bridgehead atoms. The van der Waals surface area contributed by atoms with Crippen LogP contribution in [0, 0.1) is 0 Å². The lowest BCUT2D eigenvalue weighted by Gasteiger charge is -2.05. The number of aromatic amines is 1. The summed E-state index contributed by atoms with van der Waals surface area (Å²) in [7, 11) is 0. The molecule has 0 aliphatic rings. The van der Waals surface area contributed by atoms with Crippen LogP contribution in [-0.4, -0.2) is 19.9 Å². The summed E-state index contributed by atoms with van der Waals surface area (Å²) in [5, 5.41) is 3.29. The maximum Gasteiger partial charge on any atom is 0.130 e. The zero-order chi connectivity index (χ0) is 15.5. The summed E-state index contributed by atoms with van der Waals surface area (Å²) in [5.74, 6) is 1.66. The van der Waals surface area contributed by atoms with Crippen molar-refractivity contribution in [1.82, 2.24) is 19.9 Å². The van der Waals surface area contributed by atoms with Gasteiger partial charge in [-0.25, -0.2) is 15.0 Å². The number of benzene rings is 2. The van der Waals surface area contributed by atoms with E-state index >= 15 is 0 Å². The Morgan fingerprint density at radius 1 is 0.913 bits per heavy atom. The summed E-state index contributed by atoms with van der Waals surface area (Å²) in [4.78, 5) is 16.4. The van der Waals surface area contributed by atoms with Crippen LogP contribution >= 0.6 is 0 Å². The minimum atomic E-state index is 0.583. The summed E-state index contributed by atoms with van der Waals surface area (Å²) in [6.07, 6.45) is 1.57. The van der Waals surface area contributed by atoms with Crippen molar-refractivity contribution in [2.75, 3.05) is 5.32 Å². The van der Waals surface area contributed by atoms with Gasteiger partial charge >= 0.3 is 0 Å². The highest BCUT2D eigenvalue weighted by Gasteiger charge is 2.04. The molecule has 4 aromatic rings. The molecule has 0 aliphatic carbocycles. The van der Waals surface area contributed by atoms with Gasteiger partial charge in [-0.1, -0.05) is 42.5 Å². The second-order valence-electron chi connectivity index (χ2n) is 5.21. The number of hydrogen-bond donors (Lipinski definition) is 2.